The molecule has 1 amide bonds. The first kappa shape index (κ1) is 15.8. The van der Waals surface area contributed by atoms with Crippen molar-refractivity contribution in [2.24, 2.45) is 0 Å². The number of carbonyl (C=O) groups is 1. The minimum absolute atomic E-state index is 0.0102. The summed E-state index contributed by atoms with van der Waals surface area (Å²) in [4.78, 5) is 12.2. The Morgan fingerprint density at radius 2 is 1.90 bits per heavy atom. The Morgan fingerprint density at radius 3 is 2.48 bits per heavy atom. The third-order valence-corrected chi connectivity index (χ3v) is 5.03. The van der Waals surface area contributed by atoms with Gasteiger partial charge in [0.05, 0.1) is 11.8 Å². The third-order valence-electron chi connectivity index (χ3n) is 3.23. The van der Waals surface area contributed by atoms with E-state index in [1.807, 2.05) is 30.3 Å². The van der Waals surface area contributed by atoms with E-state index in [0.29, 0.717) is 12.8 Å². The van der Waals surface area contributed by atoms with Crippen molar-refractivity contribution in [2.45, 2.75) is 45.3 Å². The van der Waals surface area contributed by atoms with Crippen molar-refractivity contribution in [1.82, 2.24) is 4.31 Å². The summed E-state index contributed by atoms with van der Waals surface area (Å²) in [5.74, 6) is -0.0102. The van der Waals surface area contributed by atoms with Crippen LogP contribution in [0.1, 0.15) is 32.8 Å². The molecule has 0 aromatic heterocycles. The number of sulfonamides is 1. The van der Waals surface area contributed by atoms with Gasteiger partial charge in [-0.05, 0) is 39.2 Å². The molecule has 1 heterocycles. The number of nitrogens with zero attached hydrogens (tertiary/aromatic N) is 1. The Kier molecular flexibility index (Phi) is 4.27. The van der Waals surface area contributed by atoms with Crippen LogP contribution in [0.3, 0.4) is 0 Å². The topological polar surface area (TPSA) is 63.7 Å². The molecule has 1 fully saturated rings. The van der Waals surface area contributed by atoms with Gasteiger partial charge >= 0.3 is 6.09 Å². The molecular formula is C15H21NO4S. The van der Waals surface area contributed by atoms with Gasteiger partial charge in [-0.15, -0.1) is 0 Å². The van der Waals surface area contributed by atoms with Crippen LogP contribution >= 0.6 is 0 Å². The maximum absolute atomic E-state index is 12.2. The average molecular weight is 311 g/mol. The van der Waals surface area contributed by atoms with Crippen molar-refractivity contribution in [3.8, 4) is 0 Å². The Bertz CT molecular complexity index is 604. The van der Waals surface area contributed by atoms with Gasteiger partial charge in [0.2, 0.25) is 10.0 Å². The smallest absolute Gasteiger partial charge is 0.424 e. The van der Waals surface area contributed by atoms with Crippen molar-refractivity contribution in [1.29, 1.82) is 0 Å². The second-order valence-electron chi connectivity index (χ2n) is 6.22. The van der Waals surface area contributed by atoms with E-state index in [-0.39, 0.29) is 11.8 Å². The fourth-order valence-electron chi connectivity index (χ4n) is 2.37. The molecule has 0 aliphatic carbocycles. The van der Waals surface area contributed by atoms with Crippen LogP contribution in [0.25, 0.3) is 0 Å². The highest BCUT2D eigenvalue weighted by molar-refractivity contribution is 7.89. The first-order valence-electron chi connectivity index (χ1n) is 6.98. The number of ether oxygens (including phenoxy) is 1. The Labute approximate surface area is 126 Å². The summed E-state index contributed by atoms with van der Waals surface area (Å²) in [5.41, 5.74) is 0.292. The number of carbonyl (C=O) groups excluding carboxylic acids is 1. The molecule has 1 aromatic rings. The monoisotopic (exact) mass is 311 g/mol. The number of amides is 1. The van der Waals surface area contributed by atoms with Crippen LogP contribution in [-0.4, -0.2) is 36.2 Å². The first-order valence-corrected chi connectivity index (χ1v) is 8.59. The molecule has 0 N–H and O–H groups in total. The Balaban J connectivity index is 2.19. The van der Waals surface area contributed by atoms with Crippen LogP contribution in [0.2, 0.25) is 0 Å². The lowest BCUT2D eigenvalue weighted by atomic mass is 10.0. The SMILES string of the molecule is CC(C)(C)OC(=O)N1[C@H](Cc2ccccc2)CCS1(=O)=O. The van der Waals surface area contributed by atoms with E-state index in [0.717, 1.165) is 9.87 Å². The van der Waals surface area contributed by atoms with Gasteiger partial charge in [-0.3, -0.25) is 0 Å². The summed E-state index contributed by atoms with van der Waals surface area (Å²) < 4.78 is 30.4. The summed E-state index contributed by atoms with van der Waals surface area (Å²) in [7, 11) is -3.57. The first-order chi connectivity index (χ1) is 9.69. The van der Waals surface area contributed by atoms with Crippen LogP contribution in [0, 0.1) is 0 Å². The molecule has 0 spiro atoms. The Morgan fingerprint density at radius 1 is 1.29 bits per heavy atom. The second-order valence-corrected chi connectivity index (χ2v) is 8.19. The molecule has 1 aliphatic heterocycles. The lowest BCUT2D eigenvalue weighted by Gasteiger charge is -2.27. The summed E-state index contributed by atoms with van der Waals surface area (Å²) in [6.07, 6.45) is 0.177. The molecular weight excluding hydrogens is 290 g/mol. The zero-order valence-electron chi connectivity index (χ0n) is 12.6. The minimum Gasteiger partial charge on any atom is -0.443 e. The lowest BCUT2D eigenvalue weighted by molar-refractivity contribution is 0.0353. The molecule has 6 heteroatoms. The molecule has 1 atom stereocenters. The van der Waals surface area contributed by atoms with E-state index in [1.54, 1.807) is 20.8 Å². The predicted octanol–water partition coefficient (Wildman–Crippen LogP) is 2.57. The van der Waals surface area contributed by atoms with E-state index in [9.17, 15) is 13.2 Å². The second kappa shape index (κ2) is 5.67. The molecule has 0 bridgehead atoms. The molecule has 116 valence electrons. The number of benzene rings is 1. The van der Waals surface area contributed by atoms with Crippen LogP contribution < -0.4 is 0 Å². The number of hydrogen-bond donors (Lipinski definition) is 0. The van der Waals surface area contributed by atoms with Crippen molar-refractivity contribution in [3.63, 3.8) is 0 Å². The van der Waals surface area contributed by atoms with E-state index in [4.69, 9.17) is 4.74 Å². The highest BCUT2D eigenvalue weighted by Gasteiger charge is 2.42. The normalized spacial score (nSPS) is 21.3. The fraction of sp³-hybridized carbons (Fsp3) is 0.533. The van der Waals surface area contributed by atoms with Crippen LogP contribution in [-0.2, 0) is 21.2 Å². The molecule has 1 saturated heterocycles. The summed E-state index contributed by atoms with van der Waals surface area (Å²) in [5, 5.41) is 0. The predicted molar refractivity (Wildman–Crippen MR) is 80.4 cm³/mol. The Hall–Kier alpha value is -1.56. The molecule has 1 aromatic carbocycles. The van der Waals surface area contributed by atoms with Crippen molar-refractivity contribution >= 4 is 16.1 Å². The van der Waals surface area contributed by atoms with Gasteiger partial charge in [0.15, 0.2) is 0 Å². The van der Waals surface area contributed by atoms with Crippen LogP contribution in [0.5, 0.6) is 0 Å². The van der Waals surface area contributed by atoms with E-state index in [1.165, 1.54) is 0 Å². The zero-order chi connectivity index (χ0) is 15.7. The summed E-state index contributed by atoms with van der Waals surface area (Å²) >= 11 is 0. The third kappa shape index (κ3) is 3.97. The quantitative estimate of drug-likeness (QED) is 0.842. The van der Waals surface area contributed by atoms with E-state index >= 15 is 0 Å². The summed E-state index contributed by atoms with van der Waals surface area (Å²) in [6.45, 7) is 5.17. The molecule has 2 rings (SSSR count). The van der Waals surface area contributed by atoms with Gasteiger partial charge in [0.25, 0.3) is 0 Å². The maximum atomic E-state index is 12.2. The lowest BCUT2D eigenvalue weighted by Crippen LogP contribution is -2.43. The van der Waals surface area contributed by atoms with Crippen molar-refractivity contribution in [2.75, 3.05) is 5.75 Å². The van der Waals surface area contributed by atoms with Gasteiger partial charge in [-0.2, -0.15) is 0 Å². The van der Waals surface area contributed by atoms with Gasteiger partial charge in [-0.25, -0.2) is 17.5 Å². The highest BCUT2D eigenvalue weighted by Crippen LogP contribution is 2.26. The zero-order valence-corrected chi connectivity index (χ0v) is 13.4. The maximum Gasteiger partial charge on any atom is 0.424 e. The summed E-state index contributed by atoms with van der Waals surface area (Å²) in [6, 6.07) is 9.19. The van der Waals surface area contributed by atoms with Gasteiger partial charge in [-0.1, -0.05) is 30.3 Å². The van der Waals surface area contributed by atoms with Crippen LogP contribution in [0.4, 0.5) is 4.79 Å². The minimum atomic E-state index is -3.57. The van der Waals surface area contributed by atoms with Gasteiger partial charge in [0.1, 0.15) is 5.60 Å². The molecule has 1 aliphatic rings. The number of hydrogen-bond acceptors (Lipinski definition) is 4. The molecule has 0 radical (unpaired) electrons. The van der Waals surface area contributed by atoms with Crippen molar-refractivity contribution in [3.05, 3.63) is 35.9 Å². The van der Waals surface area contributed by atoms with Crippen LogP contribution in [0.15, 0.2) is 30.3 Å². The van der Waals surface area contributed by atoms with Gasteiger partial charge < -0.3 is 4.74 Å². The number of rotatable bonds is 2. The molecule has 21 heavy (non-hydrogen) atoms. The van der Waals surface area contributed by atoms with Crippen molar-refractivity contribution < 1.29 is 17.9 Å². The highest BCUT2D eigenvalue weighted by atomic mass is 32.2. The standard InChI is InChI=1S/C15H21NO4S/c1-15(2,3)20-14(17)16-13(9-10-21(16,18)19)11-12-7-5-4-6-8-12/h4-8,13H,9-11H2,1-3H3/t13-/m0/s1. The molecule has 5 nitrogen and oxygen atoms in total. The molecule has 0 unspecified atom stereocenters. The van der Waals surface area contributed by atoms with E-state index < -0.39 is 21.7 Å². The van der Waals surface area contributed by atoms with E-state index in [2.05, 4.69) is 0 Å². The molecule has 0 saturated carbocycles. The fourth-order valence-corrected chi connectivity index (χ4v) is 4.03. The largest absolute Gasteiger partial charge is 0.443 e. The van der Waals surface area contributed by atoms with Gasteiger partial charge in [0, 0.05) is 0 Å². The average Bonchev–Trinajstić information content (AvgIpc) is 2.63.